The maximum atomic E-state index is 12.9. The first-order chi connectivity index (χ1) is 8.51. The zero-order valence-electron chi connectivity index (χ0n) is 9.61. The van der Waals surface area contributed by atoms with Crippen LogP contribution in [-0.4, -0.2) is 17.6 Å². The van der Waals surface area contributed by atoms with E-state index in [0.717, 1.165) is 6.20 Å². The second kappa shape index (κ2) is 5.91. The second-order valence-corrected chi connectivity index (χ2v) is 3.34. The maximum Gasteiger partial charge on any atom is 0.311 e. The van der Waals surface area contributed by atoms with E-state index in [0.29, 0.717) is 0 Å². The third-order valence-electron chi connectivity index (χ3n) is 2.20. The van der Waals surface area contributed by atoms with Crippen LogP contribution in [0, 0.1) is 11.3 Å². The Morgan fingerprint density at radius 3 is 2.83 bits per heavy atom. The lowest BCUT2D eigenvalue weighted by atomic mass is 10.1. The van der Waals surface area contributed by atoms with Gasteiger partial charge >= 0.3 is 5.97 Å². The molecule has 0 atom stereocenters. The lowest BCUT2D eigenvalue weighted by Gasteiger charge is -2.11. The molecule has 1 aromatic heterocycles. The first-order valence-electron chi connectivity index (χ1n) is 5.12. The van der Waals surface area contributed by atoms with Crippen LogP contribution in [0.2, 0.25) is 0 Å². The lowest BCUT2D eigenvalue weighted by Crippen LogP contribution is -2.13. The number of nitrogen functional groups attached to an aromatic ring is 1. The first-order valence-corrected chi connectivity index (χ1v) is 5.12. The Hall–Kier alpha value is -2.23. The number of nitriles is 1. The molecule has 0 unspecified atom stereocenters. The SMILES string of the molecule is CCOC(=O)Cc1ncc(C#N)c(N)c1C(F)F. The first kappa shape index (κ1) is 13.8. The molecule has 1 heterocycles. The summed E-state index contributed by atoms with van der Waals surface area (Å²) in [7, 11) is 0. The van der Waals surface area contributed by atoms with E-state index in [1.807, 2.05) is 0 Å². The summed E-state index contributed by atoms with van der Waals surface area (Å²) >= 11 is 0. The monoisotopic (exact) mass is 255 g/mol. The number of nitrogens with two attached hydrogens (primary N) is 1. The van der Waals surface area contributed by atoms with Crippen molar-refractivity contribution in [3.05, 3.63) is 23.0 Å². The number of pyridine rings is 1. The average Bonchev–Trinajstić information content (AvgIpc) is 2.29. The fourth-order valence-corrected chi connectivity index (χ4v) is 1.40. The number of carbonyl (C=O) groups is 1. The van der Waals surface area contributed by atoms with Crippen molar-refractivity contribution in [1.82, 2.24) is 4.98 Å². The minimum Gasteiger partial charge on any atom is -0.466 e. The van der Waals surface area contributed by atoms with Crippen molar-refractivity contribution in [3.63, 3.8) is 0 Å². The van der Waals surface area contributed by atoms with Crippen molar-refractivity contribution in [3.8, 4) is 6.07 Å². The van der Waals surface area contributed by atoms with E-state index < -0.39 is 24.4 Å². The van der Waals surface area contributed by atoms with Crippen LogP contribution in [0.15, 0.2) is 6.20 Å². The Labute approximate surface area is 102 Å². The van der Waals surface area contributed by atoms with Crippen molar-refractivity contribution >= 4 is 11.7 Å². The number of anilines is 1. The molecule has 0 aliphatic rings. The molecule has 0 spiro atoms. The summed E-state index contributed by atoms with van der Waals surface area (Å²) in [5.41, 5.74) is 4.22. The molecule has 0 fully saturated rings. The van der Waals surface area contributed by atoms with E-state index in [1.165, 1.54) is 0 Å². The molecule has 0 bridgehead atoms. The molecular formula is C11H11F2N3O2. The highest BCUT2D eigenvalue weighted by atomic mass is 19.3. The van der Waals surface area contributed by atoms with E-state index in [2.05, 4.69) is 9.72 Å². The number of nitrogens with zero attached hydrogens (tertiary/aromatic N) is 2. The highest BCUT2D eigenvalue weighted by Gasteiger charge is 2.22. The van der Waals surface area contributed by atoms with Crippen molar-refractivity contribution in [2.24, 2.45) is 0 Å². The number of hydrogen-bond acceptors (Lipinski definition) is 5. The van der Waals surface area contributed by atoms with Gasteiger partial charge in [0.25, 0.3) is 6.43 Å². The van der Waals surface area contributed by atoms with Crippen molar-refractivity contribution < 1.29 is 18.3 Å². The molecule has 0 saturated heterocycles. The zero-order chi connectivity index (χ0) is 13.7. The van der Waals surface area contributed by atoms with Gasteiger partial charge in [-0.25, -0.2) is 8.78 Å². The average molecular weight is 255 g/mol. The van der Waals surface area contributed by atoms with Crippen molar-refractivity contribution in [1.29, 1.82) is 5.26 Å². The van der Waals surface area contributed by atoms with Gasteiger partial charge in [0.05, 0.1) is 35.5 Å². The lowest BCUT2D eigenvalue weighted by molar-refractivity contribution is -0.142. The number of carbonyl (C=O) groups excluding carboxylic acids is 1. The van der Waals surface area contributed by atoms with E-state index in [4.69, 9.17) is 11.0 Å². The van der Waals surface area contributed by atoms with E-state index in [9.17, 15) is 13.6 Å². The molecule has 0 amide bonds. The van der Waals surface area contributed by atoms with Crippen LogP contribution in [0.4, 0.5) is 14.5 Å². The molecule has 96 valence electrons. The minimum atomic E-state index is -2.91. The van der Waals surface area contributed by atoms with E-state index in [-0.39, 0.29) is 23.6 Å². The number of aromatic nitrogens is 1. The number of esters is 1. The normalized spacial score (nSPS) is 10.2. The maximum absolute atomic E-state index is 12.9. The predicted molar refractivity (Wildman–Crippen MR) is 58.7 cm³/mol. The predicted octanol–water partition coefficient (Wildman–Crippen LogP) is 1.58. The van der Waals surface area contributed by atoms with Gasteiger partial charge in [-0.3, -0.25) is 9.78 Å². The number of alkyl halides is 2. The molecule has 5 nitrogen and oxygen atoms in total. The Morgan fingerprint density at radius 1 is 1.67 bits per heavy atom. The highest BCUT2D eigenvalue weighted by molar-refractivity contribution is 5.74. The van der Waals surface area contributed by atoms with Gasteiger partial charge in [-0.05, 0) is 6.92 Å². The Balaban J connectivity index is 3.17. The van der Waals surface area contributed by atoms with Gasteiger partial charge < -0.3 is 10.5 Å². The van der Waals surface area contributed by atoms with Gasteiger partial charge in [0.1, 0.15) is 6.07 Å². The second-order valence-electron chi connectivity index (χ2n) is 3.34. The smallest absolute Gasteiger partial charge is 0.311 e. The molecule has 0 radical (unpaired) electrons. The topological polar surface area (TPSA) is 89.0 Å². The molecule has 0 aromatic carbocycles. The summed E-state index contributed by atoms with van der Waals surface area (Å²) in [5, 5.41) is 8.68. The van der Waals surface area contributed by atoms with Gasteiger partial charge in [-0.2, -0.15) is 5.26 Å². The number of rotatable bonds is 4. The van der Waals surface area contributed by atoms with E-state index in [1.54, 1.807) is 13.0 Å². The van der Waals surface area contributed by atoms with Gasteiger partial charge in [-0.15, -0.1) is 0 Å². The van der Waals surface area contributed by atoms with Crippen LogP contribution in [0.5, 0.6) is 0 Å². The number of halogens is 2. The summed E-state index contributed by atoms with van der Waals surface area (Å²) in [4.78, 5) is 14.9. The van der Waals surface area contributed by atoms with Crippen LogP contribution in [0.25, 0.3) is 0 Å². The molecule has 0 aliphatic carbocycles. The molecule has 2 N–H and O–H groups in total. The Kier molecular flexibility index (Phi) is 4.54. The Bertz CT molecular complexity index is 498. The summed E-state index contributed by atoms with van der Waals surface area (Å²) < 4.78 is 30.4. The minimum absolute atomic E-state index is 0.141. The van der Waals surface area contributed by atoms with E-state index >= 15 is 0 Å². The molecule has 1 aromatic rings. The summed E-state index contributed by atoms with van der Waals surface area (Å²) in [5.74, 6) is -0.670. The summed E-state index contributed by atoms with van der Waals surface area (Å²) in [6, 6.07) is 1.66. The van der Waals surface area contributed by atoms with Crippen LogP contribution >= 0.6 is 0 Å². The van der Waals surface area contributed by atoms with Gasteiger partial charge in [0, 0.05) is 6.20 Å². The number of hydrogen-bond donors (Lipinski definition) is 1. The van der Waals surface area contributed by atoms with Crippen molar-refractivity contribution in [2.75, 3.05) is 12.3 Å². The van der Waals surface area contributed by atoms with Gasteiger partial charge in [0.2, 0.25) is 0 Å². The third-order valence-corrected chi connectivity index (χ3v) is 2.20. The standard InChI is InChI=1S/C11H11F2N3O2/c1-2-18-8(17)3-7-9(11(12)13)10(15)6(4-14)5-16-7/h5,11H,2-3H2,1H3,(H2,15,16). The fraction of sp³-hybridized carbons (Fsp3) is 0.364. The van der Waals surface area contributed by atoms with Crippen LogP contribution in [0.1, 0.15) is 30.2 Å². The molecule has 18 heavy (non-hydrogen) atoms. The zero-order valence-corrected chi connectivity index (χ0v) is 9.61. The number of ether oxygens (including phenoxy) is 1. The summed E-state index contributed by atoms with van der Waals surface area (Å²) in [6.45, 7) is 1.75. The van der Waals surface area contributed by atoms with Crippen LogP contribution < -0.4 is 5.73 Å². The molecular weight excluding hydrogens is 244 g/mol. The molecule has 1 rings (SSSR count). The Morgan fingerprint density at radius 2 is 2.33 bits per heavy atom. The largest absolute Gasteiger partial charge is 0.466 e. The fourth-order valence-electron chi connectivity index (χ4n) is 1.40. The highest BCUT2D eigenvalue weighted by Crippen LogP contribution is 2.30. The third kappa shape index (κ3) is 2.91. The summed E-state index contributed by atoms with van der Waals surface area (Å²) in [6.07, 6.45) is -2.24. The molecule has 7 heteroatoms. The quantitative estimate of drug-likeness (QED) is 0.825. The van der Waals surface area contributed by atoms with Gasteiger partial charge in [-0.1, -0.05) is 0 Å². The molecule has 0 aliphatic heterocycles. The van der Waals surface area contributed by atoms with Crippen LogP contribution in [0.3, 0.4) is 0 Å². The van der Waals surface area contributed by atoms with Crippen LogP contribution in [-0.2, 0) is 16.0 Å². The molecule has 0 saturated carbocycles. The van der Waals surface area contributed by atoms with Gasteiger partial charge in [0.15, 0.2) is 0 Å². The van der Waals surface area contributed by atoms with Crippen molar-refractivity contribution in [2.45, 2.75) is 19.8 Å².